The fourth-order valence-corrected chi connectivity index (χ4v) is 3.38. The molecule has 0 atom stereocenters. The Morgan fingerprint density at radius 1 is 1.35 bits per heavy atom. The van der Waals surface area contributed by atoms with Gasteiger partial charge in [-0.05, 0) is 25.0 Å². The topological polar surface area (TPSA) is 105 Å². The first-order valence-corrected chi connectivity index (χ1v) is 7.82. The van der Waals surface area contributed by atoms with Crippen LogP contribution in [0.25, 0.3) is 0 Å². The number of nitrogens with two attached hydrogens (primary N) is 1. The molecule has 1 saturated heterocycles. The summed E-state index contributed by atoms with van der Waals surface area (Å²) in [7, 11) is -0.743. The molecule has 108 valence electrons. The quantitative estimate of drug-likeness (QED) is 0.325. The maximum Gasteiger partial charge on any atom is 0.251 e. The number of amidine groups is 1. The molecule has 7 heteroatoms. The third-order valence-electron chi connectivity index (χ3n) is 3.25. The zero-order chi connectivity index (χ0) is 14.5. The standard InChI is InChI=1S/C13H17N3O3S/c14-12(16-18)9-2-1-3-10(8-9)13(17)15-11-4-6-20(19)7-5-11/h1-3,8,11,18H,4-7H2,(H2,14,16)(H,15,17). The van der Waals surface area contributed by atoms with E-state index in [0.29, 0.717) is 22.6 Å². The summed E-state index contributed by atoms with van der Waals surface area (Å²) < 4.78 is 11.3. The molecule has 0 aliphatic carbocycles. The number of hydrogen-bond acceptors (Lipinski definition) is 4. The number of carbonyl (C=O) groups excluding carboxylic acids is 1. The van der Waals surface area contributed by atoms with Gasteiger partial charge in [0.2, 0.25) is 0 Å². The summed E-state index contributed by atoms with van der Waals surface area (Å²) in [5.74, 6) is 1.03. The molecule has 0 bridgehead atoms. The molecule has 2 rings (SSSR count). The van der Waals surface area contributed by atoms with Crippen molar-refractivity contribution < 1.29 is 14.2 Å². The van der Waals surface area contributed by atoms with E-state index < -0.39 is 10.8 Å². The fraction of sp³-hybridized carbons (Fsp3) is 0.385. The zero-order valence-corrected chi connectivity index (χ0v) is 11.7. The molecule has 4 N–H and O–H groups in total. The summed E-state index contributed by atoms with van der Waals surface area (Å²) in [5.41, 5.74) is 6.45. The van der Waals surface area contributed by atoms with Crippen LogP contribution in [0.2, 0.25) is 0 Å². The largest absolute Gasteiger partial charge is 0.409 e. The average molecular weight is 295 g/mol. The minimum Gasteiger partial charge on any atom is -0.409 e. The van der Waals surface area contributed by atoms with E-state index in [4.69, 9.17) is 10.9 Å². The van der Waals surface area contributed by atoms with E-state index in [2.05, 4.69) is 10.5 Å². The highest BCUT2D eigenvalue weighted by molar-refractivity contribution is 7.85. The number of benzene rings is 1. The first kappa shape index (κ1) is 14.5. The number of hydrogen-bond donors (Lipinski definition) is 3. The Bertz CT molecular complexity index is 550. The third kappa shape index (κ3) is 3.57. The summed E-state index contributed by atoms with van der Waals surface area (Å²) in [6.07, 6.45) is 1.47. The van der Waals surface area contributed by atoms with Gasteiger partial charge in [0.05, 0.1) is 0 Å². The van der Waals surface area contributed by atoms with Gasteiger partial charge in [-0.1, -0.05) is 17.3 Å². The van der Waals surface area contributed by atoms with Gasteiger partial charge >= 0.3 is 0 Å². The second kappa shape index (κ2) is 6.51. The van der Waals surface area contributed by atoms with Crippen LogP contribution in [0.3, 0.4) is 0 Å². The molecule has 1 fully saturated rings. The molecule has 0 spiro atoms. The Morgan fingerprint density at radius 2 is 2.00 bits per heavy atom. The lowest BCUT2D eigenvalue weighted by Crippen LogP contribution is -2.39. The summed E-state index contributed by atoms with van der Waals surface area (Å²) in [6.45, 7) is 0. The smallest absolute Gasteiger partial charge is 0.251 e. The van der Waals surface area contributed by atoms with Gasteiger partial charge in [-0.25, -0.2) is 0 Å². The summed E-state index contributed by atoms with van der Waals surface area (Å²) >= 11 is 0. The molecular formula is C13H17N3O3S. The van der Waals surface area contributed by atoms with Crippen LogP contribution in [0.5, 0.6) is 0 Å². The van der Waals surface area contributed by atoms with E-state index in [-0.39, 0.29) is 17.8 Å². The van der Waals surface area contributed by atoms with Crippen molar-refractivity contribution in [1.29, 1.82) is 0 Å². The monoisotopic (exact) mass is 295 g/mol. The van der Waals surface area contributed by atoms with E-state index in [1.54, 1.807) is 24.3 Å². The Hall–Kier alpha value is -1.89. The van der Waals surface area contributed by atoms with E-state index in [1.165, 1.54) is 0 Å². The number of oxime groups is 1. The van der Waals surface area contributed by atoms with Crippen molar-refractivity contribution in [1.82, 2.24) is 5.32 Å². The maximum atomic E-state index is 12.1. The first-order valence-electron chi connectivity index (χ1n) is 6.34. The third-order valence-corrected chi connectivity index (χ3v) is 4.63. The Balaban J connectivity index is 2.04. The summed E-state index contributed by atoms with van der Waals surface area (Å²) in [4.78, 5) is 12.1. The van der Waals surface area contributed by atoms with Crippen LogP contribution in [0.4, 0.5) is 0 Å². The lowest BCUT2D eigenvalue weighted by Gasteiger charge is -2.22. The molecule has 0 saturated carbocycles. The van der Waals surface area contributed by atoms with Gasteiger partial charge < -0.3 is 16.3 Å². The lowest BCUT2D eigenvalue weighted by atomic mass is 10.1. The van der Waals surface area contributed by atoms with Crippen LogP contribution in [-0.2, 0) is 10.8 Å². The van der Waals surface area contributed by atoms with Crippen LogP contribution in [0, 0.1) is 0 Å². The predicted molar refractivity (Wildman–Crippen MR) is 77.3 cm³/mol. The summed E-state index contributed by atoms with van der Waals surface area (Å²) in [6, 6.07) is 6.65. The Labute approximate surface area is 119 Å². The Morgan fingerprint density at radius 3 is 2.65 bits per heavy atom. The minimum atomic E-state index is -0.743. The molecular weight excluding hydrogens is 278 g/mol. The van der Waals surface area contributed by atoms with Crippen molar-refractivity contribution >= 4 is 22.5 Å². The Kier molecular flexibility index (Phi) is 4.73. The predicted octanol–water partition coefficient (Wildman–Crippen LogP) is 0.422. The van der Waals surface area contributed by atoms with E-state index >= 15 is 0 Å². The molecule has 1 heterocycles. The molecule has 0 unspecified atom stereocenters. The number of nitrogens with one attached hydrogen (secondary N) is 1. The highest BCUT2D eigenvalue weighted by Gasteiger charge is 2.20. The van der Waals surface area contributed by atoms with E-state index in [9.17, 15) is 9.00 Å². The molecule has 0 aromatic heterocycles. The second-order valence-corrected chi connectivity index (χ2v) is 6.36. The number of carbonyl (C=O) groups is 1. The van der Waals surface area contributed by atoms with E-state index in [0.717, 1.165) is 12.8 Å². The normalized spacial score (nSPS) is 23.3. The van der Waals surface area contributed by atoms with Crippen molar-refractivity contribution in [2.45, 2.75) is 18.9 Å². The first-order chi connectivity index (χ1) is 9.60. The summed E-state index contributed by atoms with van der Waals surface area (Å²) in [5, 5.41) is 14.5. The van der Waals surface area contributed by atoms with Crippen molar-refractivity contribution in [3.63, 3.8) is 0 Å². The van der Waals surface area contributed by atoms with Crippen LogP contribution in [0.15, 0.2) is 29.4 Å². The molecule has 1 aromatic rings. The minimum absolute atomic E-state index is 0.0345. The van der Waals surface area contributed by atoms with Gasteiger partial charge in [-0.3, -0.25) is 9.00 Å². The average Bonchev–Trinajstić information content (AvgIpc) is 2.49. The number of rotatable bonds is 3. The van der Waals surface area contributed by atoms with Gasteiger partial charge in [0.15, 0.2) is 5.84 Å². The molecule has 0 radical (unpaired) electrons. The zero-order valence-electron chi connectivity index (χ0n) is 10.9. The van der Waals surface area contributed by atoms with Crippen LogP contribution in [-0.4, -0.2) is 38.7 Å². The van der Waals surface area contributed by atoms with Gasteiger partial charge in [0, 0.05) is 39.5 Å². The lowest BCUT2D eigenvalue weighted by molar-refractivity contribution is 0.0934. The maximum absolute atomic E-state index is 12.1. The van der Waals surface area contributed by atoms with Crippen molar-refractivity contribution in [2.75, 3.05) is 11.5 Å². The van der Waals surface area contributed by atoms with Gasteiger partial charge in [-0.15, -0.1) is 0 Å². The van der Waals surface area contributed by atoms with Gasteiger partial charge in [0.25, 0.3) is 5.91 Å². The molecule has 1 amide bonds. The molecule has 1 aliphatic rings. The number of amides is 1. The van der Waals surface area contributed by atoms with Crippen LogP contribution >= 0.6 is 0 Å². The molecule has 1 aliphatic heterocycles. The highest BCUT2D eigenvalue weighted by atomic mass is 32.2. The number of nitrogens with zero attached hydrogens (tertiary/aromatic N) is 1. The second-order valence-electron chi connectivity index (χ2n) is 4.66. The fourth-order valence-electron chi connectivity index (χ4n) is 2.08. The van der Waals surface area contributed by atoms with Crippen molar-refractivity contribution in [3.8, 4) is 0 Å². The van der Waals surface area contributed by atoms with Crippen molar-refractivity contribution in [2.24, 2.45) is 10.9 Å². The highest BCUT2D eigenvalue weighted by Crippen LogP contribution is 2.11. The van der Waals surface area contributed by atoms with Gasteiger partial charge in [-0.2, -0.15) is 0 Å². The molecule has 6 nitrogen and oxygen atoms in total. The molecule has 1 aromatic carbocycles. The molecule has 20 heavy (non-hydrogen) atoms. The van der Waals surface area contributed by atoms with Gasteiger partial charge in [0.1, 0.15) is 0 Å². The van der Waals surface area contributed by atoms with Crippen LogP contribution in [0.1, 0.15) is 28.8 Å². The van der Waals surface area contributed by atoms with Crippen molar-refractivity contribution in [3.05, 3.63) is 35.4 Å². The SMILES string of the molecule is N/C(=N/O)c1cccc(C(=O)NC2CCS(=O)CC2)c1. The van der Waals surface area contributed by atoms with E-state index in [1.807, 2.05) is 0 Å². The van der Waals surface area contributed by atoms with Crippen LogP contribution < -0.4 is 11.1 Å².